The van der Waals surface area contributed by atoms with Crippen molar-refractivity contribution in [2.24, 2.45) is 11.1 Å². The zero-order valence-corrected chi connectivity index (χ0v) is 11.8. The molecule has 104 valence electrons. The van der Waals surface area contributed by atoms with E-state index in [0.717, 1.165) is 0 Å². The van der Waals surface area contributed by atoms with Crippen LogP contribution >= 0.6 is 0 Å². The molecule has 5 nitrogen and oxygen atoms in total. The molecular weight excluding hydrogens is 242 g/mol. The van der Waals surface area contributed by atoms with Crippen LogP contribution in [0, 0.1) is 5.41 Å². The maximum Gasteiger partial charge on any atom is 0.253 e. The van der Waals surface area contributed by atoms with E-state index in [-0.39, 0.29) is 17.2 Å². The molecule has 0 unspecified atom stereocenters. The van der Waals surface area contributed by atoms with Crippen molar-refractivity contribution in [2.45, 2.75) is 26.8 Å². The molecule has 0 aromatic heterocycles. The number of carbonyl (C=O) groups is 2. The van der Waals surface area contributed by atoms with Gasteiger partial charge in [0.2, 0.25) is 5.91 Å². The van der Waals surface area contributed by atoms with Crippen LogP contribution in [-0.4, -0.2) is 24.9 Å². The summed E-state index contributed by atoms with van der Waals surface area (Å²) in [6, 6.07) is 6.17. The van der Waals surface area contributed by atoms with Gasteiger partial charge in [0.25, 0.3) is 5.91 Å². The Labute approximate surface area is 113 Å². The van der Waals surface area contributed by atoms with E-state index in [2.05, 4.69) is 10.6 Å². The second-order valence-corrected chi connectivity index (χ2v) is 5.46. The molecule has 0 saturated carbocycles. The summed E-state index contributed by atoms with van der Waals surface area (Å²) in [5.74, 6) is -0.552. The molecule has 0 fully saturated rings. The summed E-state index contributed by atoms with van der Waals surface area (Å²) in [6.45, 7) is 5.67. The van der Waals surface area contributed by atoms with Crippen LogP contribution in [0.5, 0.6) is 0 Å². The van der Waals surface area contributed by atoms with Gasteiger partial charge in [-0.05, 0) is 17.5 Å². The number of hydrogen-bond acceptors (Lipinski definition) is 3. The molecule has 1 aromatic carbocycles. The van der Waals surface area contributed by atoms with Gasteiger partial charge in [-0.15, -0.1) is 0 Å². The SMILES string of the molecule is CNC(=O)c1ccccc1NC(=O)[C@H](N)C(C)(C)C. The van der Waals surface area contributed by atoms with Crippen LogP contribution in [0.4, 0.5) is 5.69 Å². The largest absolute Gasteiger partial charge is 0.355 e. The van der Waals surface area contributed by atoms with Gasteiger partial charge in [-0.1, -0.05) is 32.9 Å². The van der Waals surface area contributed by atoms with E-state index in [1.165, 1.54) is 0 Å². The van der Waals surface area contributed by atoms with Gasteiger partial charge in [0.05, 0.1) is 17.3 Å². The number of benzene rings is 1. The Hall–Kier alpha value is -1.88. The van der Waals surface area contributed by atoms with E-state index < -0.39 is 6.04 Å². The van der Waals surface area contributed by atoms with Crippen molar-refractivity contribution in [3.63, 3.8) is 0 Å². The number of para-hydroxylation sites is 1. The Balaban J connectivity index is 2.95. The van der Waals surface area contributed by atoms with Gasteiger partial charge in [0, 0.05) is 7.05 Å². The van der Waals surface area contributed by atoms with Crippen molar-refractivity contribution >= 4 is 17.5 Å². The highest BCUT2D eigenvalue weighted by Crippen LogP contribution is 2.20. The average Bonchev–Trinajstić information content (AvgIpc) is 2.36. The molecular formula is C14H21N3O2. The first-order valence-corrected chi connectivity index (χ1v) is 6.15. The molecule has 2 amide bonds. The first-order chi connectivity index (χ1) is 8.77. The third kappa shape index (κ3) is 3.79. The molecule has 4 N–H and O–H groups in total. The quantitative estimate of drug-likeness (QED) is 0.769. The summed E-state index contributed by atoms with van der Waals surface area (Å²) in [4.78, 5) is 23.7. The Morgan fingerprint density at radius 3 is 2.32 bits per heavy atom. The second kappa shape index (κ2) is 5.84. The molecule has 0 aliphatic heterocycles. The predicted octanol–water partition coefficient (Wildman–Crippen LogP) is 1.36. The molecule has 0 saturated heterocycles. The van der Waals surface area contributed by atoms with E-state index in [9.17, 15) is 9.59 Å². The Morgan fingerprint density at radius 1 is 1.21 bits per heavy atom. The number of anilines is 1. The Bertz CT molecular complexity index is 478. The minimum Gasteiger partial charge on any atom is -0.355 e. The monoisotopic (exact) mass is 263 g/mol. The van der Waals surface area contributed by atoms with Gasteiger partial charge in [0.15, 0.2) is 0 Å². The summed E-state index contributed by atoms with van der Waals surface area (Å²) in [7, 11) is 1.54. The fourth-order valence-corrected chi connectivity index (χ4v) is 1.53. The number of carbonyl (C=O) groups excluding carboxylic acids is 2. The molecule has 0 radical (unpaired) electrons. The van der Waals surface area contributed by atoms with Gasteiger partial charge in [-0.3, -0.25) is 9.59 Å². The van der Waals surface area contributed by atoms with Crippen LogP contribution in [0.3, 0.4) is 0 Å². The standard InChI is InChI=1S/C14H21N3O2/c1-14(2,3)11(15)13(19)17-10-8-6-5-7-9(10)12(18)16-4/h5-8,11H,15H2,1-4H3,(H,16,18)(H,17,19)/t11-/m0/s1. The molecule has 0 heterocycles. The lowest BCUT2D eigenvalue weighted by Gasteiger charge is -2.26. The molecule has 0 bridgehead atoms. The van der Waals surface area contributed by atoms with Crippen LogP contribution in [0.1, 0.15) is 31.1 Å². The van der Waals surface area contributed by atoms with Crippen LogP contribution in [0.15, 0.2) is 24.3 Å². The van der Waals surface area contributed by atoms with Gasteiger partial charge in [0.1, 0.15) is 0 Å². The lowest BCUT2D eigenvalue weighted by atomic mass is 9.87. The maximum atomic E-state index is 12.1. The van der Waals surface area contributed by atoms with E-state index in [4.69, 9.17) is 5.73 Å². The average molecular weight is 263 g/mol. The molecule has 1 aromatic rings. The normalized spacial score (nSPS) is 12.7. The summed E-state index contributed by atoms with van der Waals surface area (Å²) in [5.41, 5.74) is 6.43. The summed E-state index contributed by atoms with van der Waals surface area (Å²) in [6.07, 6.45) is 0. The lowest BCUT2D eigenvalue weighted by molar-refractivity contribution is -0.119. The molecule has 5 heteroatoms. The Kier molecular flexibility index (Phi) is 4.67. The van der Waals surface area contributed by atoms with Crippen molar-refractivity contribution in [2.75, 3.05) is 12.4 Å². The van der Waals surface area contributed by atoms with Crippen LogP contribution in [0.2, 0.25) is 0 Å². The van der Waals surface area contributed by atoms with Crippen LogP contribution < -0.4 is 16.4 Å². The molecule has 1 rings (SSSR count). The fraction of sp³-hybridized carbons (Fsp3) is 0.429. The molecule has 19 heavy (non-hydrogen) atoms. The first-order valence-electron chi connectivity index (χ1n) is 6.15. The second-order valence-electron chi connectivity index (χ2n) is 5.46. The Morgan fingerprint density at radius 2 is 1.79 bits per heavy atom. The van der Waals surface area contributed by atoms with Crippen LogP contribution in [0.25, 0.3) is 0 Å². The van der Waals surface area contributed by atoms with E-state index >= 15 is 0 Å². The molecule has 0 spiro atoms. The zero-order chi connectivity index (χ0) is 14.6. The molecule has 0 aliphatic rings. The van der Waals surface area contributed by atoms with Crippen molar-refractivity contribution in [1.82, 2.24) is 5.32 Å². The number of rotatable bonds is 3. The summed E-state index contributed by atoms with van der Waals surface area (Å²) in [5, 5.41) is 5.24. The highest BCUT2D eigenvalue weighted by molar-refractivity contribution is 6.04. The predicted molar refractivity (Wildman–Crippen MR) is 75.9 cm³/mol. The molecule has 1 atom stereocenters. The number of nitrogens with two attached hydrogens (primary N) is 1. The van der Waals surface area contributed by atoms with Gasteiger partial charge in [-0.25, -0.2) is 0 Å². The van der Waals surface area contributed by atoms with Gasteiger partial charge < -0.3 is 16.4 Å². The summed E-state index contributed by atoms with van der Waals surface area (Å²) >= 11 is 0. The number of amides is 2. The van der Waals surface area contributed by atoms with Crippen molar-refractivity contribution in [3.8, 4) is 0 Å². The van der Waals surface area contributed by atoms with E-state index in [0.29, 0.717) is 11.3 Å². The number of nitrogens with one attached hydrogen (secondary N) is 2. The highest BCUT2D eigenvalue weighted by Gasteiger charge is 2.28. The van der Waals surface area contributed by atoms with Crippen molar-refractivity contribution in [3.05, 3.63) is 29.8 Å². The van der Waals surface area contributed by atoms with E-state index in [1.807, 2.05) is 20.8 Å². The van der Waals surface area contributed by atoms with Crippen LogP contribution in [-0.2, 0) is 4.79 Å². The minimum atomic E-state index is -0.648. The third-order valence-electron chi connectivity index (χ3n) is 2.87. The molecule has 0 aliphatic carbocycles. The number of hydrogen-bond donors (Lipinski definition) is 3. The fourth-order valence-electron chi connectivity index (χ4n) is 1.53. The van der Waals surface area contributed by atoms with Crippen molar-refractivity contribution in [1.29, 1.82) is 0 Å². The maximum absolute atomic E-state index is 12.1. The zero-order valence-electron chi connectivity index (χ0n) is 11.8. The van der Waals surface area contributed by atoms with Gasteiger partial charge >= 0.3 is 0 Å². The smallest absolute Gasteiger partial charge is 0.253 e. The first kappa shape index (κ1) is 15.2. The van der Waals surface area contributed by atoms with E-state index in [1.54, 1.807) is 31.3 Å². The third-order valence-corrected chi connectivity index (χ3v) is 2.87. The topological polar surface area (TPSA) is 84.2 Å². The van der Waals surface area contributed by atoms with Gasteiger partial charge in [-0.2, -0.15) is 0 Å². The highest BCUT2D eigenvalue weighted by atomic mass is 16.2. The summed E-state index contributed by atoms with van der Waals surface area (Å²) < 4.78 is 0. The minimum absolute atomic E-state index is 0.250. The lowest BCUT2D eigenvalue weighted by Crippen LogP contribution is -2.45. The van der Waals surface area contributed by atoms with Crippen molar-refractivity contribution < 1.29 is 9.59 Å².